The molecule has 1 heterocycles. The highest BCUT2D eigenvalue weighted by atomic mass is 31.1. The van der Waals surface area contributed by atoms with Gasteiger partial charge in [0.1, 0.15) is 0 Å². The zero-order chi connectivity index (χ0) is 12.9. The summed E-state index contributed by atoms with van der Waals surface area (Å²) in [6, 6.07) is 6.58. The molecule has 0 N–H and O–H groups in total. The van der Waals surface area contributed by atoms with Crippen LogP contribution >= 0.6 is 7.92 Å². The molecule has 19 heavy (non-hydrogen) atoms. The summed E-state index contributed by atoms with van der Waals surface area (Å²) in [6.45, 7) is 0. The van der Waals surface area contributed by atoms with Crippen molar-refractivity contribution in [3.8, 4) is 0 Å². The predicted molar refractivity (Wildman–Crippen MR) is 84.5 cm³/mol. The number of rotatable bonds is 3. The molecule has 2 saturated carbocycles. The van der Waals surface area contributed by atoms with Gasteiger partial charge >= 0.3 is 0 Å². The first-order valence-electron chi connectivity index (χ1n) is 8.14. The average molecular weight is 275 g/mol. The van der Waals surface area contributed by atoms with E-state index in [1.54, 1.807) is 0 Å². The van der Waals surface area contributed by atoms with Gasteiger partial charge in [0.25, 0.3) is 0 Å². The van der Waals surface area contributed by atoms with E-state index in [1.807, 2.05) is 6.20 Å². The van der Waals surface area contributed by atoms with Crippen LogP contribution in [0.3, 0.4) is 0 Å². The van der Waals surface area contributed by atoms with E-state index in [9.17, 15) is 0 Å². The summed E-state index contributed by atoms with van der Waals surface area (Å²) in [5.41, 5.74) is 3.40. The maximum Gasteiger partial charge on any atom is 0.0636 e. The van der Waals surface area contributed by atoms with Crippen LogP contribution in [0.1, 0.15) is 64.2 Å². The molecule has 2 heteroatoms. The van der Waals surface area contributed by atoms with Gasteiger partial charge in [-0.15, -0.1) is 0 Å². The lowest BCUT2D eigenvalue weighted by Crippen LogP contribution is -2.27. The minimum Gasteiger partial charge on any atom is -0.257 e. The minimum absolute atomic E-state index is 0.00321. The second kappa shape index (κ2) is 6.84. The summed E-state index contributed by atoms with van der Waals surface area (Å²) in [5, 5.41) is 0. The van der Waals surface area contributed by atoms with Crippen LogP contribution in [0.2, 0.25) is 0 Å². The van der Waals surface area contributed by atoms with Crippen molar-refractivity contribution in [3.05, 3.63) is 24.4 Å². The molecule has 1 aromatic heterocycles. The molecule has 3 rings (SSSR count). The standard InChI is InChI=1S/C17H26NP/c1-3-9-15(10-4-1)19(16-11-5-2-6-12-16)17-13-7-8-14-18-17/h7-8,13-16H,1-6,9-12H2. The highest BCUT2D eigenvalue weighted by Gasteiger charge is 2.32. The Morgan fingerprint density at radius 3 is 1.84 bits per heavy atom. The summed E-state index contributed by atoms with van der Waals surface area (Å²) >= 11 is 0. The molecule has 0 saturated heterocycles. The zero-order valence-electron chi connectivity index (χ0n) is 11.9. The first-order chi connectivity index (χ1) is 9.45. The van der Waals surface area contributed by atoms with Crippen molar-refractivity contribution in [1.29, 1.82) is 0 Å². The molecule has 0 spiro atoms. The van der Waals surface area contributed by atoms with E-state index in [1.165, 1.54) is 69.6 Å². The molecule has 1 aromatic rings. The second-order valence-corrected chi connectivity index (χ2v) is 8.91. The van der Waals surface area contributed by atoms with E-state index in [0.29, 0.717) is 0 Å². The van der Waals surface area contributed by atoms with Crippen molar-refractivity contribution in [2.75, 3.05) is 0 Å². The van der Waals surface area contributed by atoms with Gasteiger partial charge in [0, 0.05) is 6.20 Å². The number of hydrogen-bond donors (Lipinski definition) is 0. The van der Waals surface area contributed by atoms with Gasteiger partial charge in [0.2, 0.25) is 0 Å². The molecule has 0 bridgehead atoms. The van der Waals surface area contributed by atoms with Gasteiger partial charge in [-0.25, -0.2) is 0 Å². The fourth-order valence-electron chi connectivity index (χ4n) is 3.90. The zero-order valence-corrected chi connectivity index (χ0v) is 12.8. The molecule has 0 aromatic carbocycles. The van der Waals surface area contributed by atoms with E-state index >= 15 is 0 Å². The molecule has 2 aliphatic rings. The quantitative estimate of drug-likeness (QED) is 0.718. The fraction of sp³-hybridized carbons (Fsp3) is 0.706. The van der Waals surface area contributed by atoms with Crippen molar-refractivity contribution in [1.82, 2.24) is 4.98 Å². The molecule has 0 atom stereocenters. The Hall–Kier alpha value is -0.420. The van der Waals surface area contributed by atoms with Crippen LogP contribution in [0.4, 0.5) is 0 Å². The van der Waals surface area contributed by atoms with Crippen molar-refractivity contribution >= 4 is 13.4 Å². The lowest BCUT2D eigenvalue weighted by molar-refractivity contribution is 0.486. The van der Waals surface area contributed by atoms with Gasteiger partial charge < -0.3 is 0 Å². The minimum atomic E-state index is -0.00321. The summed E-state index contributed by atoms with van der Waals surface area (Å²) in [7, 11) is -0.00321. The van der Waals surface area contributed by atoms with Crippen molar-refractivity contribution in [2.24, 2.45) is 0 Å². The lowest BCUT2D eigenvalue weighted by Gasteiger charge is -2.37. The average Bonchev–Trinajstić information content (AvgIpc) is 2.51. The van der Waals surface area contributed by atoms with E-state index < -0.39 is 0 Å². The van der Waals surface area contributed by atoms with E-state index in [-0.39, 0.29) is 7.92 Å². The van der Waals surface area contributed by atoms with E-state index in [2.05, 4.69) is 18.2 Å². The van der Waals surface area contributed by atoms with Gasteiger partial charge in [-0.2, -0.15) is 0 Å². The Balaban J connectivity index is 1.81. The molecule has 2 fully saturated rings. The third-order valence-corrected chi connectivity index (χ3v) is 8.25. The SMILES string of the molecule is c1ccc(P(C2CCCCC2)C2CCCCC2)nc1. The molecule has 0 aliphatic heterocycles. The number of hydrogen-bond acceptors (Lipinski definition) is 1. The maximum atomic E-state index is 4.76. The van der Waals surface area contributed by atoms with Gasteiger partial charge in [-0.05, 0) is 57.1 Å². The van der Waals surface area contributed by atoms with Crippen LogP contribution in [-0.2, 0) is 0 Å². The van der Waals surface area contributed by atoms with E-state index in [0.717, 1.165) is 11.3 Å². The Morgan fingerprint density at radius 1 is 0.789 bits per heavy atom. The molecule has 0 radical (unpaired) electrons. The molecule has 0 unspecified atom stereocenters. The summed E-state index contributed by atoms with van der Waals surface area (Å²) in [5.74, 6) is 0. The second-order valence-electron chi connectivity index (χ2n) is 6.18. The van der Waals surface area contributed by atoms with Gasteiger partial charge in [0.15, 0.2) is 0 Å². The largest absolute Gasteiger partial charge is 0.257 e. The molecule has 104 valence electrons. The van der Waals surface area contributed by atoms with Crippen LogP contribution in [0, 0.1) is 0 Å². The van der Waals surface area contributed by atoms with Gasteiger partial charge in [0.05, 0.1) is 5.44 Å². The third-order valence-electron chi connectivity index (χ3n) is 4.85. The van der Waals surface area contributed by atoms with Crippen molar-refractivity contribution in [3.63, 3.8) is 0 Å². The number of pyridine rings is 1. The summed E-state index contributed by atoms with van der Waals surface area (Å²) in [4.78, 5) is 4.76. The van der Waals surface area contributed by atoms with Crippen molar-refractivity contribution < 1.29 is 0 Å². The lowest BCUT2D eigenvalue weighted by atomic mass is 9.99. The Labute approximate surface area is 119 Å². The first kappa shape index (κ1) is 13.6. The number of aromatic nitrogens is 1. The van der Waals surface area contributed by atoms with Gasteiger partial charge in [-0.3, -0.25) is 4.98 Å². The molecular weight excluding hydrogens is 249 g/mol. The predicted octanol–water partition coefficient (Wildman–Crippen LogP) is 4.85. The molecule has 0 amide bonds. The van der Waals surface area contributed by atoms with Crippen LogP contribution in [0.25, 0.3) is 0 Å². The topological polar surface area (TPSA) is 12.9 Å². The molecule has 1 nitrogen and oxygen atoms in total. The van der Waals surface area contributed by atoms with Crippen molar-refractivity contribution in [2.45, 2.75) is 75.5 Å². The Morgan fingerprint density at radius 2 is 1.37 bits per heavy atom. The third kappa shape index (κ3) is 3.37. The van der Waals surface area contributed by atoms with Crippen LogP contribution < -0.4 is 5.44 Å². The summed E-state index contributed by atoms with van der Waals surface area (Å²) in [6.07, 6.45) is 16.7. The summed E-state index contributed by atoms with van der Waals surface area (Å²) < 4.78 is 0. The molecule has 2 aliphatic carbocycles. The molecular formula is C17H26NP. The maximum absolute atomic E-state index is 4.76. The number of nitrogens with zero attached hydrogens (tertiary/aromatic N) is 1. The first-order valence-corrected chi connectivity index (χ1v) is 9.62. The highest BCUT2D eigenvalue weighted by Crippen LogP contribution is 2.54. The highest BCUT2D eigenvalue weighted by molar-refractivity contribution is 7.66. The van der Waals surface area contributed by atoms with Crippen LogP contribution in [-0.4, -0.2) is 16.3 Å². The Bertz CT molecular complexity index is 348. The normalized spacial score (nSPS) is 22.8. The van der Waals surface area contributed by atoms with Crippen LogP contribution in [0.15, 0.2) is 24.4 Å². The van der Waals surface area contributed by atoms with Crippen LogP contribution in [0.5, 0.6) is 0 Å². The monoisotopic (exact) mass is 275 g/mol. The van der Waals surface area contributed by atoms with Gasteiger partial charge in [-0.1, -0.05) is 44.6 Å². The Kier molecular flexibility index (Phi) is 4.88. The fourth-order valence-corrected chi connectivity index (χ4v) is 7.54. The van der Waals surface area contributed by atoms with E-state index in [4.69, 9.17) is 4.98 Å². The smallest absolute Gasteiger partial charge is 0.0636 e.